The summed E-state index contributed by atoms with van der Waals surface area (Å²) in [5.74, 6) is -0.150. The summed E-state index contributed by atoms with van der Waals surface area (Å²) in [5.41, 5.74) is 0.309. The fourth-order valence-corrected chi connectivity index (χ4v) is 1.38. The van der Waals surface area contributed by atoms with E-state index in [0.29, 0.717) is 5.56 Å². The number of carbonyl (C=O) groups excluding carboxylic acids is 2. The van der Waals surface area contributed by atoms with Crippen molar-refractivity contribution in [3.63, 3.8) is 0 Å². The number of methoxy groups -OCH3 is 1. The summed E-state index contributed by atoms with van der Waals surface area (Å²) < 4.78 is 4.95. The second-order valence-corrected chi connectivity index (χ2v) is 3.48. The van der Waals surface area contributed by atoms with Gasteiger partial charge in [0.25, 0.3) is 0 Å². The maximum atomic E-state index is 11.7. The lowest BCUT2D eigenvalue weighted by molar-refractivity contribution is -0.116. The minimum absolute atomic E-state index is 0.0348. The van der Waals surface area contributed by atoms with Crippen molar-refractivity contribution in [2.24, 2.45) is 0 Å². The van der Waals surface area contributed by atoms with E-state index in [4.69, 9.17) is 4.74 Å². The van der Waals surface area contributed by atoms with Crippen molar-refractivity contribution >= 4 is 11.6 Å². The molecule has 0 amide bonds. The Morgan fingerprint density at radius 2 is 2.00 bits per heavy atom. The minimum atomic E-state index is -0.206. The fourth-order valence-electron chi connectivity index (χ4n) is 1.38. The molecule has 0 saturated heterocycles. The molecule has 1 N–H and O–H groups in total. The molecule has 0 radical (unpaired) electrons. The van der Waals surface area contributed by atoms with Gasteiger partial charge in [0.05, 0.1) is 12.7 Å². The molecule has 0 bridgehead atoms. The van der Waals surface area contributed by atoms with E-state index >= 15 is 0 Å². The SMILES string of the molecule is COc1c(O)cccc1C(=O)CCC(C)=O. The van der Waals surface area contributed by atoms with Crippen LogP contribution in [0.15, 0.2) is 18.2 Å². The van der Waals surface area contributed by atoms with Crippen LogP contribution in [0.25, 0.3) is 0 Å². The minimum Gasteiger partial charge on any atom is -0.504 e. The van der Waals surface area contributed by atoms with E-state index in [9.17, 15) is 14.7 Å². The number of para-hydroxylation sites is 1. The monoisotopic (exact) mass is 222 g/mol. The lowest BCUT2D eigenvalue weighted by Crippen LogP contribution is -2.04. The Labute approximate surface area is 93.9 Å². The highest BCUT2D eigenvalue weighted by Gasteiger charge is 2.15. The Bertz CT molecular complexity index is 409. The summed E-state index contributed by atoms with van der Waals surface area (Å²) >= 11 is 0. The van der Waals surface area contributed by atoms with Crippen LogP contribution in [0.2, 0.25) is 0 Å². The van der Waals surface area contributed by atoms with Gasteiger partial charge in [0, 0.05) is 12.8 Å². The van der Waals surface area contributed by atoms with Gasteiger partial charge in [-0.15, -0.1) is 0 Å². The van der Waals surface area contributed by atoms with Crippen molar-refractivity contribution in [3.05, 3.63) is 23.8 Å². The molecule has 4 nitrogen and oxygen atoms in total. The van der Waals surface area contributed by atoms with Crippen LogP contribution in [0.3, 0.4) is 0 Å². The zero-order valence-electron chi connectivity index (χ0n) is 9.32. The zero-order chi connectivity index (χ0) is 12.1. The highest BCUT2D eigenvalue weighted by molar-refractivity contribution is 6.00. The molecule has 0 unspecified atom stereocenters. The maximum Gasteiger partial charge on any atom is 0.171 e. The number of rotatable bonds is 5. The van der Waals surface area contributed by atoms with Crippen molar-refractivity contribution in [2.45, 2.75) is 19.8 Å². The molecular formula is C12H14O4. The summed E-state index contributed by atoms with van der Waals surface area (Å²) in [6.07, 6.45) is 0.340. The predicted molar refractivity (Wildman–Crippen MR) is 58.9 cm³/mol. The molecule has 4 heteroatoms. The molecule has 0 aliphatic heterocycles. The molecule has 0 spiro atoms. The number of carbonyl (C=O) groups is 2. The number of hydrogen-bond acceptors (Lipinski definition) is 4. The van der Waals surface area contributed by atoms with Crippen LogP contribution in [0.4, 0.5) is 0 Å². The van der Waals surface area contributed by atoms with Crippen LogP contribution in [-0.2, 0) is 4.79 Å². The first kappa shape index (κ1) is 12.2. The molecule has 1 aromatic carbocycles. The molecule has 1 rings (SSSR count). The van der Waals surface area contributed by atoms with Crippen molar-refractivity contribution in [3.8, 4) is 11.5 Å². The Hall–Kier alpha value is -1.84. The Balaban J connectivity index is 2.90. The summed E-state index contributed by atoms with van der Waals surface area (Å²) in [4.78, 5) is 22.5. The molecule has 0 aliphatic carbocycles. The Kier molecular flexibility index (Phi) is 4.05. The highest BCUT2D eigenvalue weighted by atomic mass is 16.5. The fraction of sp³-hybridized carbons (Fsp3) is 0.333. The van der Waals surface area contributed by atoms with E-state index in [-0.39, 0.29) is 35.9 Å². The predicted octanol–water partition coefficient (Wildman–Crippen LogP) is 1.95. The van der Waals surface area contributed by atoms with Crippen molar-refractivity contribution in [2.75, 3.05) is 7.11 Å². The van der Waals surface area contributed by atoms with E-state index in [1.54, 1.807) is 12.1 Å². The quantitative estimate of drug-likeness (QED) is 0.773. The van der Waals surface area contributed by atoms with Gasteiger partial charge < -0.3 is 14.6 Å². The summed E-state index contributed by atoms with van der Waals surface area (Å²) in [6, 6.07) is 4.58. The molecule has 0 aliphatic rings. The van der Waals surface area contributed by atoms with Gasteiger partial charge in [-0.25, -0.2) is 0 Å². The van der Waals surface area contributed by atoms with E-state index in [1.807, 2.05) is 0 Å². The van der Waals surface area contributed by atoms with Crippen LogP contribution in [-0.4, -0.2) is 23.8 Å². The van der Waals surface area contributed by atoms with Gasteiger partial charge in [0.1, 0.15) is 5.78 Å². The largest absolute Gasteiger partial charge is 0.504 e. The number of benzene rings is 1. The van der Waals surface area contributed by atoms with E-state index in [0.717, 1.165) is 0 Å². The van der Waals surface area contributed by atoms with E-state index in [1.165, 1.54) is 20.1 Å². The van der Waals surface area contributed by atoms with Crippen LogP contribution in [0, 0.1) is 0 Å². The lowest BCUT2D eigenvalue weighted by Gasteiger charge is -2.08. The maximum absolute atomic E-state index is 11.7. The van der Waals surface area contributed by atoms with Gasteiger partial charge in [0.15, 0.2) is 17.3 Å². The molecule has 1 aromatic rings. The number of hydrogen-bond donors (Lipinski definition) is 1. The zero-order valence-corrected chi connectivity index (χ0v) is 9.32. The summed E-state index contributed by atoms with van der Waals surface area (Å²) in [7, 11) is 1.39. The molecule has 0 heterocycles. The number of ether oxygens (including phenoxy) is 1. The molecule has 0 saturated carbocycles. The molecule has 0 atom stereocenters. The standard InChI is InChI=1S/C12H14O4/c1-8(13)6-7-10(14)9-4-3-5-11(15)12(9)16-2/h3-5,15H,6-7H2,1-2H3. The first-order valence-electron chi connectivity index (χ1n) is 4.95. The lowest BCUT2D eigenvalue weighted by atomic mass is 10.0. The second-order valence-electron chi connectivity index (χ2n) is 3.48. The van der Waals surface area contributed by atoms with Gasteiger partial charge in [-0.1, -0.05) is 6.07 Å². The van der Waals surface area contributed by atoms with Crippen LogP contribution < -0.4 is 4.74 Å². The summed E-state index contributed by atoms with van der Waals surface area (Å²) in [6.45, 7) is 1.44. The van der Waals surface area contributed by atoms with Gasteiger partial charge in [-0.2, -0.15) is 0 Å². The van der Waals surface area contributed by atoms with Crippen LogP contribution in [0.1, 0.15) is 30.1 Å². The number of phenolic OH excluding ortho intramolecular Hbond substituents is 1. The normalized spacial score (nSPS) is 9.88. The van der Waals surface area contributed by atoms with Gasteiger partial charge in [-0.3, -0.25) is 4.79 Å². The Morgan fingerprint density at radius 1 is 1.31 bits per heavy atom. The average molecular weight is 222 g/mol. The molecule has 86 valence electrons. The molecular weight excluding hydrogens is 208 g/mol. The topological polar surface area (TPSA) is 63.6 Å². The van der Waals surface area contributed by atoms with E-state index in [2.05, 4.69) is 0 Å². The molecule has 0 aromatic heterocycles. The first-order chi connectivity index (χ1) is 7.56. The average Bonchev–Trinajstić information content (AvgIpc) is 2.25. The molecule has 16 heavy (non-hydrogen) atoms. The number of ketones is 2. The van der Waals surface area contributed by atoms with Crippen LogP contribution >= 0.6 is 0 Å². The third-order valence-corrected chi connectivity index (χ3v) is 2.20. The third-order valence-electron chi connectivity index (χ3n) is 2.20. The van der Waals surface area contributed by atoms with Gasteiger partial charge >= 0.3 is 0 Å². The molecule has 0 fully saturated rings. The van der Waals surface area contributed by atoms with Gasteiger partial charge in [0.2, 0.25) is 0 Å². The van der Waals surface area contributed by atoms with Crippen molar-refractivity contribution in [1.82, 2.24) is 0 Å². The first-order valence-corrected chi connectivity index (χ1v) is 4.95. The smallest absolute Gasteiger partial charge is 0.171 e. The number of phenols is 1. The second kappa shape index (κ2) is 5.30. The summed E-state index contributed by atoms with van der Waals surface area (Å²) in [5, 5.41) is 9.47. The van der Waals surface area contributed by atoms with Crippen LogP contribution in [0.5, 0.6) is 11.5 Å². The van der Waals surface area contributed by atoms with Crippen molar-refractivity contribution in [1.29, 1.82) is 0 Å². The van der Waals surface area contributed by atoms with Gasteiger partial charge in [-0.05, 0) is 19.1 Å². The highest BCUT2D eigenvalue weighted by Crippen LogP contribution is 2.30. The number of aromatic hydroxyl groups is 1. The van der Waals surface area contributed by atoms with E-state index < -0.39 is 0 Å². The number of Topliss-reactive ketones (excluding diaryl/α,β-unsaturated/α-hetero) is 2. The van der Waals surface area contributed by atoms with Crippen molar-refractivity contribution < 1.29 is 19.4 Å². The third kappa shape index (κ3) is 2.82. The Morgan fingerprint density at radius 3 is 2.56 bits per heavy atom.